The van der Waals surface area contributed by atoms with Gasteiger partial charge in [0.25, 0.3) is 0 Å². The van der Waals surface area contributed by atoms with Crippen LogP contribution in [0.3, 0.4) is 0 Å². The maximum atomic E-state index is 10.8. The molecule has 0 aromatic rings. The van der Waals surface area contributed by atoms with Crippen molar-refractivity contribution in [3.63, 3.8) is 0 Å². The molecule has 0 bridgehead atoms. The zero-order valence-corrected chi connectivity index (χ0v) is 21.9. The van der Waals surface area contributed by atoms with Gasteiger partial charge in [-0.25, -0.2) is 0 Å². The summed E-state index contributed by atoms with van der Waals surface area (Å²) in [6, 6.07) is 0. The molecule has 3 saturated carbocycles. The highest BCUT2D eigenvalue weighted by atomic mass is 16.3. The Morgan fingerprint density at radius 1 is 1.06 bits per heavy atom. The monoisotopic (exact) mass is 426 g/mol. The van der Waals surface area contributed by atoms with Gasteiger partial charge in [0.05, 0.1) is 6.10 Å². The lowest BCUT2D eigenvalue weighted by molar-refractivity contribution is -0.131. The van der Waals surface area contributed by atoms with Crippen molar-refractivity contribution in [2.45, 2.75) is 119 Å². The molecule has 0 saturated heterocycles. The minimum atomic E-state index is -0.137. The first kappa shape index (κ1) is 23.6. The highest BCUT2D eigenvalue weighted by molar-refractivity contribution is 5.33. The van der Waals surface area contributed by atoms with E-state index in [0.29, 0.717) is 22.2 Å². The van der Waals surface area contributed by atoms with Crippen LogP contribution in [0.25, 0.3) is 0 Å². The van der Waals surface area contributed by atoms with Gasteiger partial charge < -0.3 is 5.11 Å². The largest absolute Gasteiger partial charge is 0.393 e. The molecule has 0 amide bonds. The van der Waals surface area contributed by atoms with Gasteiger partial charge >= 0.3 is 0 Å². The molecular formula is C30H50O. The molecule has 0 aliphatic heterocycles. The lowest BCUT2D eigenvalue weighted by Crippen LogP contribution is -2.58. The summed E-state index contributed by atoms with van der Waals surface area (Å²) >= 11 is 0. The third-order valence-electron chi connectivity index (χ3n) is 11.7. The lowest BCUT2D eigenvalue weighted by atomic mass is 9.41. The van der Waals surface area contributed by atoms with E-state index in [2.05, 4.69) is 67.5 Å². The Hall–Kier alpha value is -0.560. The molecular weight excluding hydrogens is 376 g/mol. The molecule has 4 aliphatic rings. The van der Waals surface area contributed by atoms with Gasteiger partial charge in [-0.3, -0.25) is 0 Å². The summed E-state index contributed by atoms with van der Waals surface area (Å²) in [6.45, 7) is 19.6. The second-order valence-electron chi connectivity index (χ2n) is 13.7. The number of hydrogen-bond donors (Lipinski definition) is 1. The van der Waals surface area contributed by atoms with Gasteiger partial charge in [0.15, 0.2) is 0 Å². The summed E-state index contributed by atoms with van der Waals surface area (Å²) in [5.41, 5.74) is 4.53. The van der Waals surface area contributed by atoms with Gasteiger partial charge in [-0.2, -0.15) is 0 Å². The van der Waals surface area contributed by atoms with Gasteiger partial charge in [0, 0.05) is 0 Å². The third-order valence-corrected chi connectivity index (χ3v) is 11.7. The summed E-state index contributed by atoms with van der Waals surface area (Å²) in [5.74, 6) is 3.02. The number of aliphatic hydroxyl groups excluding tert-OH is 1. The van der Waals surface area contributed by atoms with Gasteiger partial charge in [0.2, 0.25) is 0 Å². The lowest BCUT2D eigenvalue weighted by Gasteiger charge is -2.64. The number of hydrogen-bond acceptors (Lipinski definition) is 1. The summed E-state index contributed by atoms with van der Waals surface area (Å²) in [5, 5.41) is 10.8. The molecule has 0 aromatic heterocycles. The average molecular weight is 427 g/mol. The topological polar surface area (TPSA) is 20.2 Å². The number of aliphatic hydroxyl groups is 1. The molecule has 1 N–H and O–H groups in total. The van der Waals surface area contributed by atoms with E-state index < -0.39 is 0 Å². The van der Waals surface area contributed by atoms with E-state index in [1.807, 2.05) is 5.57 Å². The second-order valence-corrected chi connectivity index (χ2v) is 13.7. The van der Waals surface area contributed by atoms with Crippen molar-refractivity contribution in [3.05, 3.63) is 23.3 Å². The van der Waals surface area contributed by atoms with Gasteiger partial charge in [0.1, 0.15) is 0 Å². The number of allylic oxidation sites excluding steroid dienone is 4. The Labute approximate surface area is 193 Å². The van der Waals surface area contributed by atoms with E-state index in [1.165, 1.54) is 56.9 Å². The molecule has 3 fully saturated rings. The molecule has 176 valence electrons. The summed E-state index contributed by atoms with van der Waals surface area (Å²) < 4.78 is 0. The predicted molar refractivity (Wildman–Crippen MR) is 133 cm³/mol. The molecule has 0 heterocycles. The zero-order chi connectivity index (χ0) is 22.8. The molecule has 4 rings (SSSR count). The molecule has 1 heteroatoms. The van der Waals surface area contributed by atoms with E-state index in [0.717, 1.165) is 24.2 Å². The van der Waals surface area contributed by atoms with E-state index in [1.54, 1.807) is 0 Å². The summed E-state index contributed by atoms with van der Waals surface area (Å²) in [6.07, 6.45) is 16.5. The predicted octanol–water partition coefficient (Wildman–Crippen LogP) is 8.34. The van der Waals surface area contributed by atoms with E-state index in [-0.39, 0.29) is 11.5 Å². The van der Waals surface area contributed by atoms with Crippen LogP contribution in [0.15, 0.2) is 23.3 Å². The fraction of sp³-hybridized carbons (Fsp3) is 0.867. The molecule has 0 spiro atoms. The van der Waals surface area contributed by atoms with E-state index in [9.17, 15) is 5.11 Å². The molecule has 0 aromatic carbocycles. The SMILES string of the molecule is CC(C)=CCCC(C)C1CCC2(C)C3=CCC4C(C)(C)C(O)CCC4(C)C3CCC12C. The minimum Gasteiger partial charge on any atom is -0.393 e. The van der Waals surface area contributed by atoms with Crippen molar-refractivity contribution in [3.8, 4) is 0 Å². The maximum absolute atomic E-state index is 10.8. The zero-order valence-electron chi connectivity index (χ0n) is 21.9. The Kier molecular flexibility index (Phi) is 5.90. The van der Waals surface area contributed by atoms with Crippen LogP contribution in [0.4, 0.5) is 0 Å². The van der Waals surface area contributed by atoms with Gasteiger partial charge in [-0.15, -0.1) is 0 Å². The Morgan fingerprint density at radius 3 is 2.45 bits per heavy atom. The van der Waals surface area contributed by atoms with Gasteiger partial charge in [-0.1, -0.05) is 64.8 Å². The highest BCUT2D eigenvalue weighted by Gasteiger charge is 2.65. The maximum Gasteiger partial charge on any atom is 0.0594 e. The summed E-state index contributed by atoms with van der Waals surface area (Å²) in [7, 11) is 0. The number of rotatable bonds is 4. The quantitative estimate of drug-likeness (QED) is 0.448. The Balaban J connectivity index is 1.62. The van der Waals surface area contributed by atoms with Crippen LogP contribution in [0.5, 0.6) is 0 Å². The molecule has 0 radical (unpaired) electrons. The fourth-order valence-electron chi connectivity index (χ4n) is 9.49. The summed E-state index contributed by atoms with van der Waals surface area (Å²) in [4.78, 5) is 0. The molecule has 1 nitrogen and oxygen atoms in total. The average Bonchev–Trinajstić information content (AvgIpc) is 2.96. The van der Waals surface area contributed by atoms with Crippen LogP contribution in [0.1, 0.15) is 113 Å². The molecule has 31 heavy (non-hydrogen) atoms. The van der Waals surface area contributed by atoms with Crippen molar-refractivity contribution in [1.29, 1.82) is 0 Å². The van der Waals surface area contributed by atoms with Crippen LogP contribution in [0, 0.1) is 45.3 Å². The van der Waals surface area contributed by atoms with Crippen molar-refractivity contribution in [1.82, 2.24) is 0 Å². The number of fused-ring (bicyclic) bond motifs is 5. The first-order chi connectivity index (χ1) is 14.4. The van der Waals surface area contributed by atoms with Crippen LogP contribution >= 0.6 is 0 Å². The van der Waals surface area contributed by atoms with Crippen molar-refractivity contribution in [2.24, 2.45) is 45.3 Å². The van der Waals surface area contributed by atoms with Crippen molar-refractivity contribution in [2.75, 3.05) is 0 Å². The smallest absolute Gasteiger partial charge is 0.0594 e. The highest BCUT2D eigenvalue weighted by Crippen LogP contribution is 2.73. The molecule has 8 unspecified atom stereocenters. The van der Waals surface area contributed by atoms with Crippen molar-refractivity contribution < 1.29 is 5.11 Å². The van der Waals surface area contributed by atoms with Crippen molar-refractivity contribution >= 4 is 0 Å². The third kappa shape index (κ3) is 3.34. The minimum absolute atomic E-state index is 0.0360. The van der Waals surface area contributed by atoms with Crippen LogP contribution in [-0.4, -0.2) is 11.2 Å². The second kappa shape index (κ2) is 7.75. The van der Waals surface area contributed by atoms with Crippen LogP contribution in [0.2, 0.25) is 0 Å². The van der Waals surface area contributed by atoms with Crippen LogP contribution in [-0.2, 0) is 0 Å². The molecule has 4 aliphatic carbocycles. The van der Waals surface area contributed by atoms with E-state index in [4.69, 9.17) is 0 Å². The standard InChI is InChI=1S/C30H50O/c1-20(2)10-9-11-21(3)22-14-18-30(8)24-12-13-25-27(4,5)26(31)16-17-28(25,6)23(24)15-19-29(22,30)7/h10,12,21-23,25-26,31H,9,11,13-19H2,1-8H3. The van der Waals surface area contributed by atoms with E-state index >= 15 is 0 Å². The first-order valence-corrected chi connectivity index (χ1v) is 13.4. The first-order valence-electron chi connectivity index (χ1n) is 13.4. The van der Waals surface area contributed by atoms with Gasteiger partial charge in [-0.05, 0) is 117 Å². The Bertz CT molecular complexity index is 754. The van der Waals surface area contributed by atoms with Crippen LogP contribution < -0.4 is 0 Å². The Morgan fingerprint density at radius 2 is 1.77 bits per heavy atom. The molecule has 8 atom stereocenters. The normalized spacial score (nSPS) is 46.9. The fourth-order valence-corrected chi connectivity index (χ4v) is 9.49.